The minimum Gasteiger partial charge on any atom is -0.496 e. The molecule has 0 bridgehead atoms. The molecule has 1 aliphatic rings. The Balaban J connectivity index is 0.00000342. The first kappa shape index (κ1) is 33.4. The zero-order chi connectivity index (χ0) is 24.9. The molecule has 0 aromatic heterocycles. The lowest BCUT2D eigenvalue weighted by molar-refractivity contribution is 0.175. The van der Waals surface area contributed by atoms with Gasteiger partial charge in [-0.3, -0.25) is 0 Å². The van der Waals surface area contributed by atoms with E-state index in [1.54, 1.807) is 21.3 Å². The molecule has 1 atom stereocenters. The Labute approximate surface area is 237 Å². The van der Waals surface area contributed by atoms with Crippen molar-refractivity contribution in [1.82, 2.24) is 10.2 Å². The number of methoxy groups -OCH3 is 3. The second-order valence-corrected chi connectivity index (χ2v) is 9.63. The highest BCUT2D eigenvalue weighted by molar-refractivity contribution is 5.85. The Kier molecular flexibility index (Phi) is 16.7. The minimum atomic E-state index is 0. The highest BCUT2D eigenvalue weighted by Gasteiger charge is 2.25. The maximum absolute atomic E-state index is 5.59. The molecular formula is C30H48Cl2N2O3. The Morgan fingerprint density at radius 2 is 1.59 bits per heavy atom. The van der Waals surface area contributed by atoms with Gasteiger partial charge in [0.15, 0.2) is 11.5 Å². The molecule has 2 aromatic carbocycles. The molecule has 0 unspecified atom stereocenters. The molecule has 0 heterocycles. The first-order valence-corrected chi connectivity index (χ1v) is 13.5. The summed E-state index contributed by atoms with van der Waals surface area (Å²) in [5, 5.41) is 3.60. The fourth-order valence-corrected chi connectivity index (χ4v) is 5.33. The maximum atomic E-state index is 5.59. The monoisotopic (exact) mass is 554 g/mol. The number of halogens is 2. The number of fused-ring (bicyclic) bond motifs is 1. The molecule has 0 fully saturated rings. The lowest BCUT2D eigenvalue weighted by Gasteiger charge is -2.35. The van der Waals surface area contributed by atoms with Crippen molar-refractivity contribution in [1.29, 1.82) is 0 Å². The Hall–Kier alpha value is -1.66. The summed E-state index contributed by atoms with van der Waals surface area (Å²) < 4.78 is 16.3. The Morgan fingerprint density at radius 3 is 2.32 bits per heavy atom. The van der Waals surface area contributed by atoms with Crippen molar-refractivity contribution in [3.8, 4) is 17.2 Å². The predicted molar refractivity (Wildman–Crippen MR) is 160 cm³/mol. The average molecular weight is 556 g/mol. The van der Waals surface area contributed by atoms with E-state index in [0.29, 0.717) is 6.04 Å². The molecule has 1 N–H and O–H groups in total. The van der Waals surface area contributed by atoms with Gasteiger partial charge in [0, 0.05) is 6.04 Å². The van der Waals surface area contributed by atoms with Gasteiger partial charge in [-0.25, -0.2) is 0 Å². The molecule has 0 amide bonds. The Bertz CT molecular complexity index is 897. The minimum absolute atomic E-state index is 0. The molecule has 7 heteroatoms. The molecule has 0 saturated carbocycles. The number of nitrogens with zero attached hydrogens (tertiary/aromatic N) is 1. The molecule has 5 nitrogen and oxygen atoms in total. The van der Waals surface area contributed by atoms with Crippen molar-refractivity contribution in [2.75, 3.05) is 47.5 Å². The van der Waals surface area contributed by atoms with Crippen molar-refractivity contribution in [2.45, 2.75) is 70.8 Å². The zero-order valence-electron chi connectivity index (χ0n) is 23.2. The highest BCUT2D eigenvalue weighted by atomic mass is 35.5. The summed E-state index contributed by atoms with van der Waals surface area (Å²) in [4.78, 5) is 2.75. The first-order valence-electron chi connectivity index (χ1n) is 13.5. The van der Waals surface area contributed by atoms with Crippen molar-refractivity contribution < 1.29 is 14.2 Å². The van der Waals surface area contributed by atoms with Crippen molar-refractivity contribution in [3.05, 3.63) is 53.1 Å². The number of ether oxygens (including phenoxy) is 3. The van der Waals surface area contributed by atoms with E-state index in [9.17, 15) is 0 Å². The summed E-state index contributed by atoms with van der Waals surface area (Å²) in [6.07, 6.45) is 10.9. The summed E-state index contributed by atoms with van der Waals surface area (Å²) in [7, 11) is 5.15. The van der Waals surface area contributed by atoms with Crippen molar-refractivity contribution >= 4 is 24.8 Å². The molecule has 0 radical (unpaired) electrons. The van der Waals surface area contributed by atoms with Gasteiger partial charge in [0.1, 0.15) is 5.75 Å². The molecule has 1 aliphatic carbocycles. The lowest BCUT2D eigenvalue weighted by Crippen LogP contribution is -2.40. The van der Waals surface area contributed by atoms with Crippen molar-refractivity contribution in [2.24, 2.45) is 0 Å². The van der Waals surface area contributed by atoms with Gasteiger partial charge >= 0.3 is 0 Å². The molecular weight excluding hydrogens is 507 g/mol. The lowest BCUT2D eigenvalue weighted by atomic mass is 9.86. The third kappa shape index (κ3) is 10.2. The van der Waals surface area contributed by atoms with E-state index in [0.717, 1.165) is 49.6 Å². The van der Waals surface area contributed by atoms with E-state index in [2.05, 4.69) is 47.5 Å². The van der Waals surface area contributed by atoms with E-state index in [-0.39, 0.29) is 24.8 Å². The Morgan fingerprint density at radius 1 is 0.838 bits per heavy atom. The van der Waals surface area contributed by atoms with Crippen LogP contribution in [0, 0.1) is 0 Å². The fraction of sp³-hybridized carbons (Fsp3) is 0.600. The van der Waals surface area contributed by atoms with Crippen LogP contribution in [0.1, 0.15) is 62.1 Å². The summed E-state index contributed by atoms with van der Waals surface area (Å²) in [5.41, 5.74) is 4.19. The molecule has 3 rings (SSSR count). The van der Waals surface area contributed by atoms with Crippen LogP contribution in [0.25, 0.3) is 0 Å². The van der Waals surface area contributed by atoms with Gasteiger partial charge in [-0.1, -0.05) is 38.0 Å². The molecule has 0 saturated heterocycles. The van der Waals surface area contributed by atoms with Crippen LogP contribution in [-0.2, 0) is 19.3 Å². The van der Waals surface area contributed by atoms with Gasteiger partial charge in [-0.2, -0.15) is 0 Å². The van der Waals surface area contributed by atoms with Crippen LogP contribution in [0.15, 0.2) is 36.4 Å². The first-order chi connectivity index (χ1) is 17.2. The van der Waals surface area contributed by atoms with Crippen LogP contribution >= 0.6 is 24.8 Å². The van der Waals surface area contributed by atoms with Gasteiger partial charge in [0.2, 0.25) is 0 Å². The van der Waals surface area contributed by atoms with Crippen LogP contribution in [0.4, 0.5) is 0 Å². The van der Waals surface area contributed by atoms with Gasteiger partial charge in [-0.05, 0) is 106 Å². The average Bonchev–Trinajstić information content (AvgIpc) is 2.90. The molecule has 0 aliphatic heterocycles. The number of unbranched alkanes of at least 4 members (excludes halogenated alkanes) is 3. The largest absolute Gasteiger partial charge is 0.496 e. The van der Waals surface area contributed by atoms with Gasteiger partial charge in [0.05, 0.1) is 21.3 Å². The van der Waals surface area contributed by atoms with E-state index in [1.807, 2.05) is 6.07 Å². The zero-order valence-corrected chi connectivity index (χ0v) is 24.9. The highest BCUT2D eigenvalue weighted by Crippen LogP contribution is 2.31. The summed E-state index contributed by atoms with van der Waals surface area (Å²) in [6, 6.07) is 13.4. The van der Waals surface area contributed by atoms with E-state index >= 15 is 0 Å². The number of nitrogens with one attached hydrogen (secondary N) is 1. The third-order valence-electron chi connectivity index (χ3n) is 7.25. The van der Waals surface area contributed by atoms with E-state index < -0.39 is 0 Å². The van der Waals surface area contributed by atoms with Crippen LogP contribution < -0.4 is 19.5 Å². The number of hydrogen-bond donors (Lipinski definition) is 1. The second kappa shape index (κ2) is 18.6. The SMILES string of the molecule is CCCN(CCCCCCNCCc1ccc(OC)c(OC)c1)[C@H]1CCc2c(cccc2OC)C1.Cl.Cl. The fourth-order valence-electron chi connectivity index (χ4n) is 5.33. The summed E-state index contributed by atoms with van der Waals surface area (Å²) >= 11 is 0. The number of hydrogen-bond acceptors (Lipinski definition) is 5. The molecule has 0 spiro atoms. The van der Waals surface area contributed by atoms with Crippen LogP contribution in [0.2, 0.25) is 0 Å². The molecule has 210 valence electrons. The molecule has 37 heavy (non-hydrogen) atoms. The standard InChI is InChI=1S/C30H46N2O3.2ClH/c1-5-20-32(26-14-15-27-25(23-26)11-10-12-28(27)33-2)21-9-7-6-8-18-31-19-17-24-13-16-29(34-3)30(22-24)35-4;;/h10-13,16,22,26,31H,5-9,14-15,17-21,23H2,1-4H3;2*1H/t26-;;/m0../s1. The second-order valence-electron chi connectivity index (χ2n) is 9.63. The van der Waals surface area contributed by atoms with Gasteiger partial charge < -0.3 is 24.4 Å². The summed E-state index contributed by atoms with van der Waals surface area (Å²) in [6.45, 7) is 6.83. The number of rotatable bonds is 16. The van der Waals surface area contributed by atoms with Crippen molar-refractivity contribution in [3.63, 3.8) is 0 Å². The predicted octanol–water partition coefficient (Wildman–Crippen LogP) is 6.52. The van der Waals surface area contributed by atoms with Crippen LogP contribution in [-0.4, -0.2) is 58.5 Å². The van der Waals surface area contributed by atoms with Gasteiger partial charge in [0.25, 0.3) is 0 Å². The van der Waals surface area contributed by atoms with Crippen LogP contribution in [0.3, 0.4) is 0 Å². The third-order valence-corrected chi connectivity index (χ3v) is 7.25. The van der Waals surface area contributed by atoms with Crippen LogP contribution in [0.5, 0.6) is 17.2 Å². The van der Waals surface area contributed by atoms with Gasteiger partial charge in [-0.15, -0.1) is 24.8 Å². The normalized spacial score (nSPS) is 14.4. The molecule has 2 aromatic rings. The quantitative estimate of drug-likeness (QED) is 0.239. The number of benzene rings is 2. The maximum Gasteiger partial charge on any atom is 0.160 e. The van der Waals surface area contributed by atoms with E-state index in [4.69, 9.17) is 14.2 Å². The smallest absolute Gasteiger partial charge is 0.160 e. The summed E-state index contributed by atoms with van der Waals surface area (Å²) in [5.74, 6) is 2.66. The topological polar surface area (TPSA) is 43.0 Å². The van der Waals surface area contributed by atoms with E-state index in [1.165, 1.54) is 68.3 Å².